The van der Waals surface area contributed by atoms with Crippen LogP contribution >= 0.6 is 0 Å². The smallest absolute Gasteiger partial charge is 0.343 e. The molecule has 1 aliphatic heterocycles. The number of methoxy groups -OCH3 is 1. The van der Waals surface area contributed by atoms with Gasteiger partial charge in [0.05, 0.1) is 19.8 Å². The van der Waals surface area contributed by atoms with Gasteiger partial charge < -0.3 is 15.0 Å². The summed E-state index contributed by atoms with van der Waals surface area (Å²) in [4.78, 5) is 51.8. The van der Waals surface area contributed by atoms with Crippen LogP contribution in [0, 0.1) is 0 Å². The van der Waals surface area contributed by atoms with Crippen molar-refractivity contribution in [2.45, 2.75) is 6.54 Å². The third kappa shape index (κ3) is 4.15. The van der Waals surface area contributed by atoms with Crippen molar-refractivity contribution in [1.82, 2.24) is 10.2 Å². The summed E-state index contributed by atoms with van der Waals surface area (Å²) in [5.74, 6) is -1.33. The lowest BCUT2D eigenvalue weighted by molar-refractivity contribution is -0.901. The molecule has 1 atom stereocenters. The number of nitrogens with one attached hydrogen (secondary N) is 2. The number of hydrogen-bond acceptors (Lipinski definition) is 5. The number of quaternary nitrogens is 1. The number of amides is 5. The topological polar surface area (TPSA) is 100 Å². The molecule has 3 rings (SSSR count). The average molecular weight is 411 g/mol. The lowest BCUT2D eigenvalue weighted by Crippen LogP contribution is -3.09. The maximum Gasteiger partial charge on any atom is 0.343 e. The van der Waals surface area contributed by atoms with Gasteiger partial charge in [0.15, 0.2) is 6.67 Å². The van der Waals surface area contributed by atoms with Crippen molar-refractivity contribution >= 4 is 29.4 Å². The normalized spacial score (nSPS) is 14.8. The molecule has 156 valence electrons. The van der Waals surface area contributed by atoms with Crippen LogP contribution in [-0.2, 0) is 16.1 Å². The Kier molecular flexibility index (Phi) is 6.12. The molecule has 0 aromatic heterocycles. The van der Waals surface area contributed by atoms with Crippen LogP contribution in [0.4, 0.5) is 10.5 Å². The molecule has 2 N–H and O–H groups in total. The number of rotatable bonds is 7. The van der Waals surface area contributed by atoms with Gasteiger partial charge in [0, 0.05) is 18.2 Å². The predicted molar refractivity (Wildman–Crippen MR) is 108 cm³/mol. The minimum absolute atomic E-state index is 0.0350. The van der Waals surface area contributed by atoms with Crippen LogP contribution < -0.4 is 19.9 Å². The first-order chi connectivity index (χ1) is 14.3. The van der Waals surface area contributed by atoms with E-state index in [1.807, 2.05) is 19.2 Å². The van der Waals surface area contributed by atoms with Crippen molar-refractivity contribution in [1.29, 1.82) is 0 Å². The van der Waals surface area contributed by atoms with Crippen LogP contribution in [0.3, 0.4) is 0 Å². The summed E-state index contributed by atoms with van der Waals surface area (Å²) in [7, 11) is 4.89. The molecule has 2 aromatic carbocycles. The second-order valence-electron chi connectivity index (χ2n) is 6.92. The van der Waals surface area contributed by atoms with E-state index in [-0.39, 0.29) is 12.6 Å². The Bertz CT molecular complexity index is 972. The van der Waals surface area contributed by atoms with Gasteiger partial charge in [-0.2, -0.15) is 0 Å². The van der Waals surface area contributed by atoms with Gasteiger partial charge >= 0.3 is 17.8 Å². The van der Waals surface area contributed by atoms with Crippen molar-refractivity contribution in [3.63, 3.8) is 0 Å². The van der Waals surface area contributed by atoms with E-state index in [0.29, 0.717) is 23.5 Å². The maximum absolute atomic E-state index is 12.7. The quantitative estimate of drug-likeness (QED) is 0.494. The van der Waals surface area contributed by atoms with E-state index in [1.54, 1.807) is 43.4 Å². The Labute approximate surface area is 173 Å². The summed E-state index contributed by atoms with van der Waals surface area (Å²) in [6, 6.07) is 12.7. The molecule has 2 aromatic rings. The maximum atomic E-state index is 12.7. The number of carbonyl (C=O) groups excluding carboxylic acids is 4. The molecular weight excluding hydrogens is 388 g/mol. The lowest BCUT2D eigenvalue weighted by Gasteiger charge is -2.20. The van der Waals surface area contributed by atoms with Crippen molar-refractivity contribution in [3.8, 4) is 5.75 Å². The molecule has 1 heterocycles. The molecule has 0 spiro atoms. The molecule has 0 saturated carbocycles. The molecule has 1 fully saturated rings. The third-order valence-electron chi connectivity index (χ3n) is 4.76. The zero-order valence-corrected chi connectivity index (χ0v) is 17.0. The zero-order chi connectivity index (χ0) is 21.8. The number of anilines is 1. The van der Waals surface area contributed by atoms with Gasteiger partial charge in [0.25, 0.3) is 5.91 Å². The van der Waals surface area contributed by atoms with Crippen LogP contribution in [0.5, 0.6) is 5.75 Å². The van der Waals surface area contributed by atoms with Gasteiger partial charge in [-0.15, -0.1) is 0 Å². The highest BCUT2D eigenvalue weighted by atomic mass is 16.5. The highest BCUT2D eigenvalue weighted by Gasteiger charge is 2.46. The summed E-state index contributed by atoms with van der Waals surface area (Å²) < 4.78 is 5.07. The summed E-state index contributed by atoms with van der Waals surface area (Å²) in [6.45, 7) is 0.537. The van der Waals surface area contributed by atoms with Crippen LogP contribution in [-0.4, -0.2) is 56.5 Å². The van der Waals surface area contributed by atoms with E-state index in [0.717, 1.165) is 20.3 Å². The zero-order valence-electron chi connectivity index (χ0n) is 17.0. The monoisotopic (exact) mass is 411 g/mol. The van der Waals surface area contributed by atoms with Crippen molar-refractivity contribution in [3.05, 3.63) is 59.7 Å². The highest BCUT2D eigenvalue weighted by Crippen LogP contribution is 2.24. The van der Waals surface area contributed by atoms with E-state index < -0.39 is 17.8 Å². The Morgan fingerprint density at radius 1 is 1.00 bits per heavy atom. The van der Waals surface area contributed by atoms with Gasteiger partial charge in [-0.1, -0.05) is 12.1 Å². The fourth-order valence-corrected chi connectivity index (χ4v) is 3.20. The molecular formula is C21H23N4O5+. The van der Waals surface area contributed by atoms with Gasteiger partial charge in [0.2, 0.25) is 0 Å². The first kappa shape index (κ1) is 21.0. The Morgan fingerprint density at radius 3 is 2.20 bits per heavy atom. The van der Waals surface area contributed by atoms with Crippen molar-refractivity contribution < 1.29 is 28.8 Å². The minimum atomic E-state index is -0.882. The van der Waals surface area contributed by atoms with E-state index in [1.165, 1.54) is 7.11 Å². The Morgan fingerprint density at radius 2 is 1.63 bits per heavy atom. The average Bonchev–Trinajstić information content (AvgIpc) is 2.97. The predicted octanol–water partition coefficient (Wildman–Crippen LogP) is 0.0224. The molecule has 5 amide bonds. The van der Waals surface area contributed by atoms with Crippen molar-refractivity contribution in [2.75, 3.05) is 32.8 Å². The number of nitrogens with zero attached hydrogens (tertiary/aromatic N) is 2. The molecule has 1 aliphatic rings. The summed E-state index contributed by atoms with van der Waals surface area (Å²) in [5.41, 5.74) is 1.78. The SMILES string of the molecule is CNC(=O)c1ccc(C[NH+](C)CN2C(=O)C(=O)N(c3ccc(OC)cc3)C2=O)cc1. The van der Waals surface area contributed by atoms with Crippen LogP contribution in [0.1, 0.15) is 15.9 Å². The number of imide groups is 2. The summed E-state index contributed by atoms with van der Waals surface area (Å²) >= 11 is 0. The number of carbonyl (C=O) groups is 4. The van der Waals surface area contributed by atoms with E-state index in [4.69, 9.17) is 4.74 Å². The molecule has 9 nitrogen and oxygen atoms in total. The van der Waals surface area contributed by atoms with Gasteiger partial charge in [0.1, 0.15) is 12.3 Å². The molecule has 1 unspecified atom stereocenters. The number of ether oxygens (including phenoxy) is 1. The van der Waals surface area contributed by atoms with Gasteiger partial charge in [-0.05, 0) is 36.4 Å². The summed E-state index contributed by atoms with van der Waals surface area (Å²) in [5, 5.41) is 2.56. The van der Waals surface area contributed by atoms with Gasteiger partial charge in [-0.3, -0.25) is 14.4 Å². The standard InChI is InChI=1S/C21H22N4O5/c1-22-18(26)15-6-4-14(5-7-15)12-23(2)13-24-19(27)20(28)25(21(24)29)16-8-10-17(30-3)11-9-16/h4-11H,12-13H2,1-3H3,(H,22,26)/p+1. The van der Waals surface area contributed by atoms with Crippen LogP contribution in [0.15, 0.2) is 48.5 Å². The molecule has 9 heteroatoms. The van der Waals surface area contributed by atoms with E-state index >= 15 is 0 Å². The minimum Gasteiger partial charge on any atom is -0.497 e. The molecule has 30 heavy (non-hydrogen) atoms. The third-order valence-corrected chi connectivity index (χ3v) is 4.76. The Balaban J connectivity index is 1.68. The fraction of sp³-hybridized carbons (Fsp3) is 0.238. The fourth-order valence-electron chi connectivity index (χ4n) is 3.20. The van der Waals surface area contributed by atoms with Crippen LogP contribution in [0.25, 0.3) is 0 Å². The molecule has 0 radical (unpaired) electrons. The number of hydrogen-bond donors (Lipinski definition) is 2. The first-order valence-electron chi connectivity index (χ1n) is 9.32. The van der Waals surface area contributed by atoms with E-state index in [9.17, 15) is 19.2 Å². The highest BCUT2D eigenvalue weighted by molar-refractivity contribution is 6.52. The Hall–Kier alpha value is -3.72. The second kappa shape index (κ2) is 8.75. The number of benzene rings is 2. The lowest BCUT2D eigenvalue weighted by atomic mass is 10.1. The largest absolute Gasteiger partial charge is 0.497 e. The summed E-state index contributed by atoms with van der Waals surface area (Å²) in [6.07, 6.45) is 0. The number of urea groups is 1. The van der Waals surface area contributed by atoms with Gasteiger partial charge in [-0.25, -0.2) is 14.6 Å². The molecule has 1 saturated heterocycles. The van der Waals surface area contributed by atoms with Crippen LogP contribution in [0.2, 0.25) is 0 Å². The van der Waals surface area contributed by atoms with E-state index in [2.05, 4.69) is 5.32 Å². The second-order valence-corrected chi connectivity index (χ2v) is 6.92. The first-order valence-corrected chi connectivity index (χ1v) is 9.32. The van der Waals surface area contributed by atoms with Crippen molar-refractivity contribution in [2.24, 2.45) is 0 Å². The molecule has 0 bridgehead atoms. The molecule has 0 aliphatic carbocycles.